The lowest BCUT2D eigenvalue weighted by Gasteiger charge is -2.01. The smallest absolute Gasteiger partial charge is 0.347 e. The van der Waals surface area contributed by atoms with Crippen LogP contribution in [0.15, 0.2) is 12.3 Å². The number of pyridine rings is 1. The Morgan fingerprint density at radius 1 is 1.42 bits per heavy atom. The van der Waals surface area contributed by atoms with Gasteiger partial charge in [0.15, 0.2) is 0 Å². The standard InChI is InChI=1S/C14H16N2O2S/c1-4-5-10-12(14(17)18)19-13(16-10)11-9(3)6-8(2)7-15-11/h6-7H,4-5H2,1-3H3,(H,17,18). The number of carbonyl (C=O) groups is 1. The molecule has 19 heavy (non-hydrogen) atoms. The summed E-state index contributed by atoms with van der Waals surface area (Å²) in [6.07, 6.45) is 3.34. The predicted molar refractivity (Wildman–Crippen MR) is 75.8 cm³/mol. The molecule has 0 unspecified atom stereocenters. The molecule has 0 bridgehead atoms. The molecule has 0 amide bonds. The lowest BCUT2D eigenvalue weighted by Crippen LogP contribution is -1.98. The number of carboxylic acid groups (broad SMARTS) is 1. The van der Waals surface area contributed by atoms with Crippen LogP contribution in [0.4, 0.5) is 0 Å². The van der Waals surface area contributed by atoms with Crippen molar-refractivity contribution < 1.29 is 9.90 Å². The van der Waals surface area contributed by atoms with Crippen LogP contribution in [-0.2, 0) is 6.42 Å². The molecular formula is C14H16N2O2S. The summed E-state index contributed by atoms with van der Waals surface area (Å²) < 4.78 is 0. The molecule has 100 valence electrons. The second-order valence-corrected chi connectivity index (χ2v) is 5.53. The molecule has 0 aliphatic carbocycles. The number of carboxylic acids is 1. The number of nitrogens with zero attached hydrogens (tertiary/aromatic N) is 2. The van der Waals surface area contributed by atoms with E-state index < -0.39 is 5.97 Å². The van der Waals surface area contributed by atoms with Gasteiger partial charge in [0.05, 0.1) is 5.69 Å². The number of hydrogen-bond donors (Lipinski definition) is 1. The first kappa shape index (κ1) is 13.7. The van der Waals surface area contributed by atoms with Gasteiger partial charge in [-0.2, -0.15) is 0 Å². The summed E-state index contributed by atoms with van der Waals surface area (Å²) in [5.41, 5.74) is 3.55. The Kier molecular flexibility index (Phi) is 3.95. The van der Waals surface area contributed by atoms with Crippen molar-refractivity contribution in [1.82, 2.24) is 9.97 Å². The van der Waals surface area contributed by atoms with E-state index in [1.165, 1.54) is 11.3 Å². The summed E-state index contributed by atoms with van der Waals surface area (Å²) in [6, 6.07) is 2.03. The molecule has 0 aliphatic rings. The van der Waals surface area contributed by atoms with E-state index in [4.69, 9.17) is 0 Å². The van der Waals surface area contributed by atoms with Gasteiger partial charge in [-0.05, 0) is 31.4 Å². The lowest BCUT2D eigenvalue weighted by molar-refractivity contribution is 0.0700. The van der Waals surface area contributed by atoms with E-state index in [1.807, 2.05) is 26.8 Å². The van der Waals surface area contributed by atoms with Crippen LogP contribution in [0.1, 0.15) is 39.8 Å². The maximum absolute atomic E-state index is 11.2. The van der Waals surface area contributed by atoms with Crippen molar-refractivity contribution in [2.45, 2.75) is 33.6 Å². The van der Waals surface area contributed by atoms with Gasteiger partial charge in [0.2, 0.25) is 0 Å². The van der Waals surface area contributed by atoms with E-state index in [0.29, 0.717) is 22.0 Å². The normalized spacial score (nSPS) is 10.7. The monoisotopic (exact) mass is 276 g/mol. The third-order valence-electron chi connectivity index (χ3n) is 2.80. The fourth-order valence-electron chi connectivity index (χ4n) is 1.97. The molecule has 0 spiro atoms. The zero-order valence-corrected chi connectivity index (χ0v) is 12.0. The Morgan fingerprint density at radius 2 is 2.16 bits per heavy atom. The molecule has 2 aromatic rings. The van der Waals surface area contributed by atoms with Crippen molar-refractivity contribution in [3.63, 3.8) is 0 Å². The summed E-state index contributed by atoms with van der Waals surface area (Å²) >= 11 is 1.21. The minimum absolute atomic E-state index is 0.332. The molecular weight excluding hydrogens is 260 g/mol. The van der Waals surface area contributed by atoms with Gasteiger partial charge in [-0.3, -0.25) is 4.98 Å². The van der Waals surface area contributed by atoms with Gasteiger partial charge in [-0.1, -0.05) is 19.4 Å². The Bertz CT molecular complexity index is 620. The average Bonchev–Trinajstić information content (AvgIpc) is 2.73. The molecule has 1 N–H and O–H groups in total. The van der Waals surface area contributed by atoms with Gasteiger partial charge in [0, 0.05) is 6.20 Å². The summed E-state index contributed by atoms with van der Waals surface area (Å²) in [4.78, 5) is 20.4. The van der Waals surface area contributed by atoms with E-state index in [-0.39, 0.29) is 0 Å². The molecule has 0 radical (unpaired) electrons. The summed E-state index contributed by atoms with van der Waals surface area (Å²) in [6.45, 7) is 5.97. The van der Waals surface area contributed by atoms with Crippen LogP contribution in [-0.4, -0.2) is 21.0 Å². The molecule has 0 atom stereocenters. The Hall–Kier alpha value is -1.75. The Morgan fingerprint density at radius 3 is 2.74 bits per heavy atom. The fourth-order valence-corrected chi connectivity index (χ4v) is 2.98. The van der Waals surface area contributed by atoms with E-state index >= 15 is 0 Å². The molecule has 2 rings (SSSR count). The van der Waals surface area contributed by atoms with E-state index in [2.05, 4.69) is 9.97 Å². The number of aryl methyl sites for hydroxylation is 3. The van der Waals surface area contributed by atoms with Crippen LogP contribution in [0.25, 0.3) is 10.7 Å². The molecule has 0 saturated carbocycles. The minimum atomic E-state index is -0.906. The van der Waals surface area contributed by atoms with Crippen molar-refractivity contribution in [3.05, 3.63) is 34.0 Å². The van der Waals surface area contributed by atoms with Crippen LogP contribution >= 0.6 is 11.3 Å². The number of hydrogen-bond acceptors (Lipinski definition) is 4. The molecule has 0 aliphatic heterocycles. The molecule has 2 heterocycles. The summed E-state index contributed by atoms with van der Waals surface area (Å²) in [7, 11) is 0. The fraction of sp³-hybridized carbons (Fsp3) is 0.357. The largest absolute Gasteiger partial charge is 0.477 e. The molecule has 0 fully saturated rings. The van der Waals surface area contributed by atoms with Gasteiger partial charge in [-0.15, -0.1) is 11.3 Å². The second kappa shape index (κ2) is 5.48. The first-order valence-electron chi connectivity index (χ1n) is 6.19. The number of aromatic carboxylic acids is 1. The van der Waals surface area contributed by atoms with Crippen LogP contribution in [0.2, 0.25) is 0 Å². The maximum atomic E-state index is 11.2. The SMILES string of the molecule is CCCc1nc(-c2ncc(C)cc2C)sc1C(=O)O. The first-order chi connectivity index (χ1) is 9.02. The van der Waals surface area contributed by atoms with Crippen molar-refractivity contribution in [2.24, 2.45) is 0 Å². The van der Waals surface area contributed by atoms with Crippen molar-refractivity contribution in [2.75, 3.05) is 0 Å². The Labute approximate surface area is 116 Å². The number of thiazole rings is 1. The minimum Gasteiger partial charge on any atom is -0.477 e. The summed E-state index contributed by atoms with van der Waals surface area (Å²) in [5.74, 6) is -0.906. The molecule has 2 aromatic heterocycles. The highest BCUT2D eigenvalue weighted by Crippen LogP contribution is 2.29. The van der Waals surface area contributed by atoms with E-state index in [9.17, 15) is 9.90 Å². The third-order valence-corrected chi connectivity index (χ3v) is 3.89. The number of rotatable bonds is 4. The predicted octanol–water partition coefficient (Wildman–Crippen LogP) is 3.47. The topological polar surface area (TPSA) is 63.1 Å². The Balaban J connectivity index is 2.50. The van der Waals surface area contributed by atoms with Crippen molar-refractivity contribution in [3.8, 4) is 10.7 Å². The van der Waals surface area contributed by atoms with Crippen LogP contribution in [0.3, 0.4) is 0 Å². The second-order valence-electron chi connectivity index (χ2n) is 4.53. The quantitative estimate of drug-likeness (QED) is 0.928. The molecule has 0 aromatic carbocycles. The van der Waals surface area contributed by atoms with Gasteiger partial charge in [0.1, 0.15) is 15.6 Å². The van der Waals surface area contributed by atoms with Gasteiger partial charge in [0.25, 0.3) is 0 Å². The highest BCUT2D eigenvalue weighted by Gasteiger charge is 2.19. The lowest BCUT2D eigenvalue weighted by atomic mass is 10.2. The highest BCUT2D eigenvalue weighted by atomic mass is 32.1. The molecule has 4 nitrogen and oxygen atoms in total. The zero-order chi connectivity index (χ0) is 14.0. The van der Waals surface area contributed by atoms with E-state index in [1.54, 1.807) is 6.20 Å². The van der Waals surface area contributed by atoms with E-state index in [0.717, 1.165) is 23.2 Å². The van der Waals surface area contributed by atoms with Crippen LogP contribution < -0.4 is 0 Å². The first-order valence-corrected chi connectivity index (χ1v) is 7.01. The van der Waals surface area contributed by atoms with Crippen molar-refractivity contribution in [1.29, 1.82) is 0 Å². The third kappa shape index (κ3) is 2.81. The summed E-state index contributed by atoms with van der Waals surface area (Å²) in [5, 5.41) is 9.91. The zero-order valence-electron chi connectivity index (χ0n) is 11.2. The molecule has 5 heteroatoms. The van der Waals surface area contributed by atoms with Crippen molar-refractivity contribution >= 4 is 17.3 Å². The highest BCUT2D eigenvalue weighted by molar-refractivity contribution is 7.17. The molecule has 0 saturated heterocycles. The maximum Gasteiger partial charge on any atom is 0.347 e. The average molecular weight is 276 g/mol. The van der Waals surface area contributed by atoms with Gasteiger partial charge in [-0.25, -0.2) is 9.78 Å². The number of aromatic nitrogens is 2. The van der Waals surface area contributed by atoms with Gasteiger partial charge < -0.3 is 5.11 Å². The van der Waals surface area contributed by atoms with Crippen LogP contribution in [0.5, 0.6) is 0 Å². The van der Waals surface area contributed by atoms with Crippen LogP contribution in [0, 0.1) is 13.8 Å². The van der Waals surface area contributed by atoms with Gasteiger partial charge >= 0.3 is 5.97 Å².